The van der Waals surface area contributed by atoms with Gasteiger partial charge in [-0.3, -0.25) is 0 Å². The standard InChI is InChI=1S/C13H26O2Si/c1-8-9-12(11(2)10-14)15-16(6,7)13(3,4)5/h8-12H,1-7H3/b9-8+/t11-,12-/m0/s1. The summed E-state index contributed by atoms with van der Waals surface area (Å²) >= 11 is 0. The molecular formula is C13H26O2Si. The van der Waals surface area contributed by atoms with E-state index in [1.807, 2.05) is 26.0 Å². The first kappa shape index (κ1) is 15.6. The van der Waals surface area contributed by atoms with E-state index >= 15 is 0 Å². The Morgan fingerprint density at radius 2 is 1.75 bits per heavy atom. The van der Waals surface area contributed by atoms with Crippen molar-refractivity contribution in [2.45, 2.75) is 58.9 Å². The molecule has 0 rings (SSSR count). The van der Waals surface area contributed by atoms with Gasteiger partial charge < -0.3 is 9.22 Å². The monoisotopic (exact) mass is 242 g/mol. The first-order valence-electron chi connectivity index (χ1n) is 5.91. The molecule has 0 fully saturated rings. The fraction of sp³-hybridized carbons (Fsp3) is 0.769. The Morgan fingerprint density at radius 3 is 2.06 bits per heavy atom. The summed E-state index contributed by atoms with van der Waals surface area (Å²) in [7, 11) is -1.79. The average molecular weight is 242 g/mol. The molecular weight excluding hydrogens is 216 g/mol. The zero-order chi connectivity index (χ0) is 13.0. The Balaban J connectivity index is 4.82. The summed E-state index contributed by atoms with van der Waals surface area (Å²) in [6.07, 6.45) is 4.83. The van der Waals surface area contributed by atoms with Gasteiger partial charge in [-0.25, -0.2) is 0 Å². The van der Waals surface area contributed by atoms with Crippen LogP contribution >= 0.6 is 0 Å². The van der Waals surface area contributed by atoms with Crippen molar-refractivity contribution in [2.24, 2.45) is 5.92 Å². The molecule has 2 nitrogen and oxygen atoms in total. The number of allylic oxidation sites excluding steroid dienone is 1. The number of hydrogen-bond donors (Lipinski definition) is 0. The Kier molecular flexibility index (Phi) is 5.63. The topological polar surface area (TPSA) is 26.3 Å². The normalized spacial score (nSPS) is 17.4. The Bertz CT molecular complexity index is 251. The van der Waals surface area contributed by atoms with Crippen LogP contribution in [0.4, 0.5) is 0 Å². The van der Waals surface area contributed by atoms with Gasteiger partial charge in [-0.1, -0.05) is 39.8 Å². The minimum Gasteiger partial charge on any atom is -0.410 e. The largest absolute Gasteiger partial charge is 0.410 e. The Labute approximate surface area is 101 Å². The van der Waals surface area contributed by atoms with Gasteiger partial charge in [0.2, 0.25) is 0 Å². The van der Waals surface area contributed by atoms with E-state index in [0.29, 0.717) is 0 Å². The summed E-state index contributed by atoms with van der Waals surface area (Å²) in [5, 5.41) is 0.176. The van der Waals surface area contributed by atoms with Gasteiger partial charge >= 0.3 is 0 Å². The minimum absolute atomic E-state index is 0.0784. The fourth-order valence-corrected chi connectivity index (χ4v) is 2.43. The van der Waals surface area contributed by atoms with Crippen LogP contribution in [0.25, 0.3) is 0 Å². The maximum absolute atomic E-state index is 10.9. The van der Waals surface area contributed by atoms with E-state index in [-0.39, 0.29) is 17.1 Å². The van der Waals surface area contributed by atoms with Crippen molar-refractivity contribution in [3.63, 3.8) is 0 Å². The molecule has 0 aliphatic rings. The summed E-state index contributed by atoms with van der Waals surface area (Å²) in [5.41, 5.74) is 0. The van der Waals surface area contributed by atoms with Crippen molar-refractivity contribution < 1.29 is 9.22 Å². The van der Waals surface area contributed by atoms with Crippen LogP contribution in [0.15, 0.2) is 12.2 Å². The van der Waals surface area contributed by atoms with Crippen LogP contribution in [-0.2, 0) is 9.22 Å². The quantitative estimate of drug-likeness (QED) is 0.416. The van der Waals surface area contributed by atoms with Crippen LogP contribution in [0.1, 0.15) is 34.6 Å². The highest BCUT2D eigenvalue weighted by atomic mass is 28.4. The molecule has 0 unspecified atom stereocenters. The summed E-state index contributed by atoms with van der Waals surface area (Å²) in [5.74, 6) is -0.0784. The van der Waals surface area contributed by atoms with Gasteiger partial charge in [0.1, 0.15) is 6.29 Å². The molecule has 0 aromatic rings. The first-order chi connectivity index (χ1) is 7.15. The molecule has 0 aliphatic heterocycles. The molecule has 0 bridgehead atoms. The van der Waals surface area contributed by atoms with Gasteiger partial charge in [0.05, 0.1) is 6.10 Å². The minimum atomic E-state index is -1.79. The van der Waals surface area contributed by atoms with E-state index in [2.05, 4.69) is 33.9 Å². The van der Waals surface area contributed by atoms with Crippen molar-refractivity contribution >= 4 is 14.6 Å². The molecule has 94 valence electrons. The number of rotatable bonds is 5. The van der Waals surface area contributed by atoms with Crippen LogP contribution < -0.4 is 0 Å². The van der Waals surface area contributed by atoms with E-state index in [1.165, 1.54) is 0 Å². The molecule has 0 saturated carbocycles. The molecule has 0 aromatic heterocycles. The predicted molar refractivity (Wildman–Crippen MR) is 72.1 cm³/mol. The van der Waals surface area contributed by atoms with Gasteiger partial charge in [-0.15, -0.1) is 0 Å². The summed E-state index contributed by atoms with van der Waals surface area (Å²) in [6, 6.07) is 0. The maximum atomic E-state index is 10.9. The number of carbonyl (C=O) groups excluding carboxylic acids is 1. The van der Waals surface area contributed by atoms with E-state index < -0.39 is 8.32 Å². The molecule has 0 aromatic carbocycles. The molecule has 0 spiro atoms. The highest BCUT2D eigenvalue weighted by molar-refractivity contribution is 6.74. The molecule has 3 heteroatoms. The lowest BCUT2D eigenvalue weighted by atomic mass is 10.1. The van der Waals surface area contributed by atoms with Crippen LogP contribution in [0.3, 0.4) is 0 Å². The third-order valence-corrected chi connectivity index (χ3v) is 7.83. The molecule has 0 saturated heterocycles. The van der Waals surface area contributed by atoms with Crippen molar-refractivity contribution in [3.8, 4) is 0 Å². The summed E-state index contributed by atoms with van der Waals surface area (Å²) < 4.78 is 6.22. The highest BCUT2D eigenvalue weighted by Gasteiger charge is 2.39. The number of aldehydes is 1. The smallest absolute Gasteiger partial charge is 0.192 e. The lowest BCUT2D eigenvalue weighted by Crippen LogP contribution is -2.45. The van der Waals surface area contributed by atoms with Crippen molar-refractivity contribution in [3.05, 3.63) is 12.2 Å². The first-order valence-corrected chi connectivity index (χ1v) is 8.82. The van der Waals surface area contributed by atoms with Gasteiger partial charge in [-0.2, -0.15) is 0 Å². The SMILES string of the molecule is C/C=C/[C@H](O[Si](C)(C)C(C)(C)C)[C@@H](C)C=O. The van der Waals surface area contributed by atoms with Crippen LogP contribution in [0, 0.1) is 5.92 Å². The van der Waals surface area contributed by atoms with Crippen molar-refractivity contribution in [2.75, 3.05) is 0 Å². The van der Waals surface area contributed by atoms with E-state index in [9.17, 15) is 4.79 Å². The van der Waals surface area contributed by atoms with Gasteiger partial charge in [-0.05, 0) is 25.1 Å². The lowest BCUT2D eigenvalue weighted by molar-refractivity contribution is -0.112. The third-order valence-electron chi connectivity index (χ3n) is 3.35. The highest BCUT2D eigenvalue weighted by Crippen LogP contribution is 2.38. The fourth-order valence-electron chi connectivity index (χ4n) is 1.11. The molecule has 16 heavy (non-hydrogen) atoms. The van der Waals surface area contributed by atoms with Crippen molar-refractivity contribution in [1.29, 1.82) is 0 Å². The second-order valence-corrected chi connectivity index (χ2v) is 10.6. The molecule has 0 N–H and O–H groups in total. The second kappa shape index (κ2) is 5.78. The van der Waals surface area contributed by atoms with Crippen molar-refractivity contribution in [1.82, 2.24) is 0 Å². The van der Waals surface area contributed by atoms with Gasteiger partial charge in [0, 0.05) is 5.92 Å². The van der Waals surface area contributed by atoms with E-state index in [1.54, 1.807) is 0 Å². The maximum Gasteiger partial charge on any atom is 0.192 e. The average Bonchev–Trinajstić information content (AvgIpc) is 2.14. The predicted octanol–water partition coefficient (Wildman–Crippen LogP) is 3.79. The van der Waals surface area contributed by atoms with Crippen LogP contribution in [-0.4, -0.2) is 20.7 Å². The Morgan fingerprint density at radius 1 is 1.25 bits per heavy atom. The molecule has 0 aliphatic carbocycles. The van der Waals surface area contributed by atoms with Gasteiger partial charge in [0.25, 0.3) is 0 Å². The zero-order valence-electron chi connectivity index (χ0n) is 11.7. The number of hydrogen-bond acceptors (Lipinski definition) is 2. The second-order valence-electron chi connectivity index (χ2n) is 5.86. The number of carbonyl (C=O) groups is 1. The molecule has 0 heterocycles. The zero-order valence-corrected chi connectivity index (χ0v) is 12.7. The van der Waals surface area contributed by atoms with E-state index in [0.717, 1.165) is 6.29 Å². The molecule has 2 atom stereocenters. The molecule has 0 radical (unpaired) electrons. The van der Waals surface area contributed by atoms with Crippen LogP contribution in [0.5, 0.6) is 0 Å². The third kappa shape index (κ3) is 4.22. The lowest BCUT2D eigenvalue weighted by Gasteiger charge is -2.39. The van der Waals surface area contributed by atoms with E-state index in [4.69, 9.17) is 4.43 Å². The Hall–Kier alpha value is -0.413. The van der Waals surface area contributed by atoms with Gasteiger partial charge in [0.15, 0.2) is 8.32 Å². The van der Waals surface area contributed by atoms with Crippen LogP contribution in [0.2, 0.25) is 18.1 Å². The molecule has 0 amide bonds. The summed E-state index contributed by atoms with van der Waals surface area (Å²) in [6.45, 7) is 14.9. The summed E-state index contributed by atoms with van der Waals surface area (Å²) in [4.78, 5) is 10.9.